The van der Waals surface area contributed by atoms with Gasteiger partial charge in [0.1, 0.15) is 0 Å². The van der Waals surface area contributed by atoms with Gasteiger partial charge in [0.05, 0.1) is 5.92 Å². The van der Waals surface area contributed by atoms with Gasteiger partial charge in [-0.1, -0.05) is 30.3 Å². The molecule has 2 aliphatic rings. The zero-order valence-corrected chi connectivity index (χ0v) is 10.5. The molecular weight excluding hydrogens is 226 g/mol. The molecule has 18 heavy (non-hydrogen) atoms. The van der Waals surface area contributed by atoms with Gasteiger partial charge in [-0.3, -0.25) is 9.69 Å². The fourth-order valence-electron chi connectivity index (χ4n) is 3.27. The Morgan fingerprint density at radius 3 is 2.78 bits per heavy atom. The number of hydrogen-bond acceptors (Lipinski definition) is 2. The molecule has 1 saturated carbocycles. The summed E-state index contributed by atoms with van der Waals surface area (Å²) in [7, 11) is 0. The van der Waals surface area contributed by atoms with Crippen LogP contribution in [0.15, 0.2) is 30.3 Å². The van der Waals surface area contributed by atoms with E-state index in [-0.39, 0.29) is 5.92 Å². The van der Waals surface area contributed by atoms with Crippen LogP contribution in [0.1, 0.15) is 24.8 Å². The monoisotopic (exact) mass is 245 g/mol. The molecule has 0 amide bonds. The first-order valence-corrected chi connectivity index (χ1v) is 6.76. The first-order chi connectivity index (χ1) is 8.75. The fraction of sp³-hybridized carbons (Fsp3) is 0.533. The highest BCUT2D eigenvalue weighted by atomic mass is 16.4. The number of aliphatic carboxylic acids is 1. The Morgan fingerprint density at radius 2 is 2.11 bits per heavy atom. The summed E-state index contributed by atoms with van der Waals surface area (Å²) in [4.78, 5) is 13.5. The van der Waals surface area contributed by atoms with Crippen LogP contribution in [0.3, 0.4) is 0 Å². The number of hydrogen-bond donors (Lipinski definition) is 1. The highest BCUT2D eigenvalue weighted by Crippen LogP contribution is 2.46. The number of carboxylic acids is 1. The quantitative estimate of drug-likeness (QED) is 0.885. The van der Waals surface area contributed by atoms with Crippen molar-refractivity contribution in [1.29, 1.82) is 0 Å². The summed E-state index contributed by atoms with van der Waals surface area (Å²) < 4.78 is 0. The summed E-state index contributed by atoms with van der Waals surface area (Å²) in [6.07, 6.45) is 3.26. The van der Waals surface area contributed by atoms with E-state index in [1.165, 1.54) is 18.4 Å². The van der Waals surface area contributed by atoms with Gasteiger partial charge < -0.3 is 5.11 Å². The molecule has 3 heteroatoms. The summed E-state index contributed by atoms with van der Waals surface area (Å²) in [5.41, 5.74) is 1.33. The van der Waals surface area contributed by atoms with Crippen molar-refractivity contribution in [3.63, 3.8) is 0 Å². The van der Waals surface area contributed by atoms with Crippen molar-refractivity contribution in [2.45, 2.75) is 31.8 Å². The van der Waals surface area contributed by atoms with Gasteiger partial charge in [-0.2, -0.15) is 0 Å². The van der Waals surface area contributed by atoms with E-state index < -0.39 is 5.97 Å². The van der Waals surface area contributed by atoms with Crippen molar-refractivity contribution >= 4 is 5.97 Å². The summed E-state index contributed by atoms with van der Waals surface area (Å²) >= 11 is 0. The van der Waals surface area contributed by atoms with Gasteiger partial charge >= 0.3 is 5.97 Å². The smallest absolute Gasteiger partial charge is 0.306 e. The number of benzene rings is 1. The fourth-order valence-corrected chi connectivity index (χ4v) is 3.27. The Bertz CT molecular complexity index is 431. The summed E-state index contributed by atoms with van der Waals surface area (Å²) in [5.74, 6) is -0.286. The minimum Gasteiger partial charge on any atom is -0.481 e. The van der Waals surface area contributed by atoms with Gasteiger partial charge in [0.25, 0.3) is 0 Å². The number of nitrogens with zero attached hydrogens (tertiary/aromatic N) is 1. The number of carbonyl (C=O) groups is 1. The molecule has 0 aromatic heterocycles. The molecule has 2 fully saturated rings. The molecule has 1 aliphatic carbocycles. The van der Waals surface area contributed by atoms with E-state index >= 15 is 0 Å². The van der Waals surface area contributed by atoms with Crippen molar-refractivity contribution in [2.24, 2.45) is 11.8 Å². The minimum atomic E-state index is -0.605. The molecule has 3 nitrogen and oxygen atoms in total. The highest BCUT2D eigenvalue weighted by Gasteiger charge is 2.50. The molecule has 1 saturated heterocycles. The average Bonchev–Trinajstić information content (AvgIpc) is 3.05. The second-order valence-corrected chi connectivity index (χ2v) is 5.51. The van der Waals surface area contributed by atoms with E-state index in [2.05, 4.69) is 29.2 Å². The lowest BCUT2D eigenvalue weighted by Gasteiger charge is -2.24. The van der Waals surface area contributed by atoms with Crippen LogP contribution in [0.4, 0.5) is 0 Å². The van der Waals surface area contributed by atoms with E-state index in [4.69, 9.17) is 5.11 Å². The molecule has 96 valence electrons. The lowest BCUT2D eigenvalue weighted by atomic mass is 10.1. The lowest BCUT2D eigenvalue weighted by molar-refractivity contribution is -0.139. The summed E-state index contributed by atoms with van der Waals surface area (Å²) in [6.45, 7) is 2.08. The highest BCUT2D eigenvalue weighted by molar-refractivity contribution is 5.73. The average molecular weight is 245 g/mol. The third-order valence-corrected chi connectivity index (χ3v) is 4.29. The Kier molecular flexibility index (Phi) is 3.08. The Morgan fingerprint density at radius 1 is 1.33 bits per heavy atom. The third-order valence-electron chi connectivity index (χ3n) is 4.29. The number of likely N-dealkylation sites (tertiary alicyclic amines) is 1. The van der Waals surface area contributed by atoms with Crippen molar-refractivity contribution in [3.05, 3.63) is 35.9 Å². The molecule has 0 radical (unpaired) electrons. The molecule has 1 aromatic carbocycles. The van der Waals surface area contributed by atoms with Crippen LogP contribution in [-0.4, -0.2) is 28.6 Å². The van der Waals surface area contributed by atoms with Gasteiger partial charge in [0.2, 0.25) is 0 Å². The summed E-state index contributed by atoms with van der Waals surface area (Å²) in [6, 6.07) is 11.0. The molecule has 0 bridgehead atoms. The second-order valence-electron chi connectivity index (χ2n) is 5.51. The Hall–Kier alpha value is -1.35. The van der Waals surface area contributed by atoms with Crippen LogP contribution in [0, 0.1) is 11.8 Å². The maximum absolute atomic E-state index is 11.0. The van der Waals surface area contributed by atoms with Crippen molar-refractivity contribution in [3.8, 4) is 0 Å². The van der Waals surface area contributed by atoms with Crippen LogP contribution < -0.4 is 0 Å². The Labute approximate surface area is 107 Å². The normalized spacial score (nSPS) is 31.4. The Balaban J connectivity index is 1.64. The number of rotatable bonds is 4. The molecule has 1 heterocycles. The maximum atomic E-state index is 11.0. The zero-order valence-electron chi connectivity index (χ0n) is 10.5. The first-order valence-electron chi connectivity index (χ1n) is 6.76. The zero-order chi connectivity index (χ0) is 12.5. The van der Waals surface area contributed by atoms with E-state index in [9.17, 15) is 4.79 Å². The maximum Gasteiger partial charge on any atom is 0.306 e. The van der Waals surface area contributed by atoms with Gasteiger partial charge in [-0.05, 0) is 37.3 Å². The van der Waals surface area contributed by atoms with Crippen molar-refractivity contribution in [1.82, 2.24) is 4.90 Å². The second kappa shape index (κ2) is 4.73. The number of carboxylic acid groups (broad SMARTS) is 1. The molecule has 1 aliphatic heterocycles. The van der Waals surface area contributed by atoms with E-state index in [1.807, 2.05) is 6.07 Å². The van der Waals surface area contributed by atoms with Crippen LogP contribution in [0.2, 0.25) is 0 Å². The summed E-state index contributed by atoms with van der Waals surface area (Å²) in [5, 5.41) is 9.04. The topological polar surface area (TPSA) is 40.5 Å². The molecule has 3 atom stereocenters. The van der Waals surface area contributed by atoms with Crippen LogP contribution in [0.5, 0.6) is 0 Å². The van der Waals surface area contributed by atoms with E-state index in [1.54, 1.807) is 0 Å². The predicted molar refractivity (Wildman–Crippen MR) is 69.1 cm³/mol. The van der Waals surface area contributed by atoms with Gasteiger partial charge in [-0.15, -0.1) is 0 Å². The molecule has 3 unspecified atom stereocenters. The standard InChI is InChI=1S/C15H19NO2/c17-15(18)13-9-12(13)14-7-4-8-16(14)10-11-5-2-1-3-6-11/h1-3,5-6,12-14H,4,7-10H2,(H,17,18). The molecule has 0 spiro atoms. The third kappa shape index (κ3) is 2.27. The minimum absolute atomic E-state index is 0.0774. The molecule has 1 aromatic rings. The lowest BCUT2D eigenvalue weighted by Crippen LogP contribution is -2.31. The van der Waals surface area contributed by atoms with Gasteiger partial charge in [0, 0.05) is 12.6 Å². The van der Waals surface area contributed by atoms with E-state index in [0.717, 1.165) is 19.5 Å². The molecule has 1 N–H and O–H groups in total. The van der Waals surface area contributed by atoms with Crippen LogP contribution >= 0.6 is 0 Å². The van der Waals surface area contributed by atoms with Crippen molar-refractivity contribution in [2.75, 3.05) is 6.54 Å². The van der Waals surface area contributed by atoms with E-state index in [0.29, 0.717) is 12.0 Å². The molecule has 3 rings (SSSR count). The van der Waals surface area contributed by atoms with Gasteiger partial charge in [-0.25, -0.2) is 0 Å². The SMILES string of the molecule is O=C(O)C1CC1C1CCCN1Cc1ccccc1. The van der Waals surface area contributed by atoms with Crippen LogP contribution in [-0.2, 0) is 11.3 Å². The molecular formula is C15H19NO2. The predicted octanol–water partition coefficient (Wildman–Crippen LogP) is 2.37. The van der Waals surface area contributed by atoms with Crippen molar-refractivity contribution < 1.29 is 9.90 Å². The first kappa shape index (κ1) is 11.7. The van der Waals surface area contributed by atoms with Gasteiger partial charge in [0.15, 0.2) is 0 Å². The largest absolute Gasteiger partial charge is 0.481 e. The van der Waals surface area contributed by atoms with Crippen LogP contribution in [0.25, 0.3) is 0 Å².